The lowest BCUT2D eigenvalue weighted by molar-refractivity contribution is -0.137. The van der Waals surface area contributed by atoms with Crippen LogP contribution in [-0.4, -0.2) is 17.1 Å². The number of hydrogen-bond donors (Lipinski definition) is 2. The van der Waals surface area contributed by atoms with E-state index >= 15 is 0 Å². The Bertz CT molecular complexity index is 200. The number of rotatable bonds is 6. The second-order valence-corrected chi connectivity index (χ2v) is 4.82. The van der Waals surface area contributed by atoms with Crippen LogP contribution in [0.4, 0.5) is 0 Å². The van der Waals surface area contributed by atoms with Gasteiger partial charge in [-0.25, -0.2) is 0 Å². The molecular weight excluding hydrogens is 190 g/mol. The summed E-state index contributed by atoms with van der Waals surface area (Å²) in [6.07, 6.45) is 7.57. The summed E-state index contributed by atoms with van der Waals surface area (Å²) in [5.41, 5.74) is 5.93. The molecule has 2 atom stereocenters. The highest BCUT2D eigenvalue weighted by Crippen LogP contribution is 2.32. The Balaban J connectivity index is 2.35. The summed E-state index contributed by atoms with van der Waals surface area (Å²) in [6, 6.07) is -0.159. The third kappa shape index (κ3) is 4.20. The van der Waals surface area contributed by atoms with Crippen molar-refractivity contribution in [2.24, 2.45) is 17.6 Å². The van der Waals surface area contributed by atoms with Crippen LogP contribution >= 0.6 is 0 Å². The van der Waals surface area contributed by atoms with Crippen LogP contribution in [-0.2, 0) is 4.79 Å². The van der Waals surface area contributed by atoms with E-state index in [1.54, 1.807) is 0 Å². The summed E-state index contributed by atoms with van der Waals surface area (Å²) in [5, 5.41) is 8.71. The summed E-state index contributed by atoms with van der Waals surface area (Å²) in [6.45, 7) is 2.11. The van der Waals surface area contributed by atoms with E-state index in [1.807, 2.05) is 0 Å². The Labute approximate surface area is 92.0 Å². The van der Waals surface area contributed by atoms with E-state index in [2.05, 4.69) is 6.92 Å². The van der Waals surface area contributed by atoms with Gasteiger partial charge >= 0.3 is 5.97 Å². The zero-order chi connectivity index (χ0) is 11.3. The van der Waals surface area contributed by atoms with Gasteiger partial charge in [0.25, 0.3) is 0 Å². The fourth-order valence-corrected chi connectivity index (χ4v) is 2.69. The third-order valence-electron chi connectivity index (χ3n) is 3.65. The molecule has 15 heavy (non-hydrogen) atoms. The third-order valence-corrected chi connectivity index (χ3v) is 3.65. The molecule has 0 aliphatic heterocycles. The molecule has 3 nitrogen and oxygen atoms in total. The smallest absolute Gasteiger partial charge is 0.304 e. The predicted octanol–water partition coefficient (Wildman–Crippen LogP) is 2.39. The number of carboxylic acids is 1. The van der Waals surface area contributed by atoms with Gasteiger partial charge in [0.2, 0.25) is 0 Å². The first kappa shape index (κ1) is 12.5. The average Bonchev–Trinajstić information content (AvgIpc) is 2.65. The lowest BCUT2D eigenvalue weighted by atomic mass is 9.85. The van der Waals surface area contributed by atoms with Gasteiger partial charge in [-0.3, -0.25) is 4.79 Å². The van der Waals surface area contributed by atoms with E-state index < -0.39 is 5.97 Å². The van der Waals surface area contributed by atoms with Crippen molar-refractivity contribution in [2.45, 2.75) is 57.9 Å². The molecule has 3 heteroatoms. The molecule has 0 spiro atoms. The summed E-state index contributed by atoms with van der Waals surface area (Å²) >= 11 is 0. The first-order valence-corrected chi connectivity index (χ1v) is 6.10. The Morgan fingerprint density at radius 1 is 1.47 bits per heavy atom. The van der Waals surface area contributed by atoms with Crippen molar-refractivity contribution in [3.8, 4) is 0 Å². The van der Waals surface area contributed by atoms with Gasteiger partial charge in [-0.05, 0) is 18.3 Å². The molecule has 0 heterocycles. The van der Waals surface area contributed by atoms with Gasteiger partial charge < -0.3 is 10.8 Å². The first-order valence-electron chi connectivity index (χ1n) is 6.10. The minimum absolute atomic E-state index is 0.116. The van der Waals surface area contributed by atoms with E-state index in [4.69, 9.17) is 10.8 Å². The molecule has 0 aromatic rings. The fraction of sp³-hybridized carbons (Fsp3) is 0.917. The molecule has 1 aliphatic carbocycles. The molecule has 1 aliphatic rings. The molecule has 2 unspecified atom stereocenters. The summed E-state index contributed by atoms with van der Waals surface area (Å²) < 4.78 is 0. The minimum Gasteiger partial charge on any atom is -0.481 e. The molecule has 1 rings (SSSR count). The van der Waals surface area contributed by atoms with Gasteiger partial charge in [-0.1, -0.05) is 39.0 Å². The van der Waals surface area contributed by atoms with E-state index in [-0.39, 0.29) is 12.5 Å². The van der Waals surface area contributed by atoms with E-state index in [0.29, 0.717) is 5.92 Å². The Kier molecular flexibility index (Phi) is 5.09. The van der Waals surface area contributed by atoms with E-state index in [0.717, 1.165) is 18.8 Å². The predicted molar refractivity (Wildman–Crippen MR) is 60.6 cm³/mol. The van der Waals surface area contributed by atoms with Gasteiger partial charge in [0.05, 0.1) is 6.42 Å². The monoisotopic (exact) mass is 213 g/mol. The summed E-state index contributed by atoms with van der Waals surface area (Å²) in [4.78, 5) is 10.6. The van der Waals surface area contributed by atoms with Crippen LogP contribution in [0.3, 0.4) is 0 Å². The SMILES string of the molecule is CCC(CC1CCCC1)C(N)CC(=O)O. The normalized spacial score (nSPS) is 21.5. The van der Waals surface area contributed by atoms with Gasteiger partial charge in [-0.2, -0.15) is 0 Å². The van der Waals surface area contributed by atoms with Crippen molar-refractivity contribution in [2.75, 3.05) is 0 Å². The van der Waals surface area contributed by atoms with Crippen molar-refractivity contribution in [1.29, 1.82) is 0 Å². The molecule has 0 saturated heterocycles. The van der Waals surface area contributed by atoms with Crippen LogP contribution in [0.1, 0.15) is 51.9 Å². The zero-order valence-electron chi connectivity index (χ0n) is 9.61. The summed E-state index contributed by atoms with van der Waals surface area (Å²) in [7, 11) is 0. The van der Waals surface area contributed by atoms with Crippen molar-refractivity contribution >= 4 is 5.97 Å². The highest BCUT2D eigenvalue weighted by Gasteiger charge is 2.24. The molecule has 1 saturated carbocycles. The number of carboxylic acid groups (broad SMARTS) is 1. The summed E-state index contributed by atoms with van der Waals surface area (Å²) in [5.74, 6) is 0.423. The van der Waals surface area contributed by atoms with Gasteiger partial charge in [-0.15, -0.1) is 0 Å². The van der Waals surface area contributed by atoms with Crippen molar-refractivity contribution in [3.05, 3.63) is 0 Å². The maximum absolute atomic E-state index is 10.6. The average molecular weight is 213 g/mol. The quantitative estimate of drug-likeness (QED) is 0.712. The van der Waals surface area contributed by atoms with Gasteiger partial charge in [0.1, 0.15) is 0 Å². The van der Waals surface area contributed by atoms with Crippen LogP contribution in [0.5, 0.6) is 0 Å². The Hall–Kier alpha value is -0.570. The topological polar surface area (TPSA) is 63.3 Å². The standard InChI is InChI=1S/C12H23NO2/c1-2-10(11(13)8-12(14)15)7-9-5-3-4-6-9/h9-11H,2-8,13H2,1H3,(H,14,15). The minimum atomic E-state index is -0.771. The Morgan fingerprint density at radius 3 is 2.53 bits per heavy atom. The van der Waals surface area contributed by atoms with Crippen LogP contribution in [0.2, 0.25) is 0 Å². The van der Waals surface area contributed by atoms with E-state index in [9.17, 15) is 4.79 Å². The molecular formula is C12H23NO2. The molecule has 0 amide bonds. The maximum Gasteiger partial charge on any atom is 0.304 e. The molecule has 0 bridgehead atoms. The fourth-order valence-electron chi connectivity index (χ4n) is 2.69. The highest BCUT2D eigenvalue weighted by molar-refractivity contribution is 5.67. The number of hydrogen-bond acceptors (Lipinski definition) is 2. The van der Waals surface area contributed by atoms with Gasteiger partial charge in [0.15, 0.2) is 0 Å². The lowest BCUT2D eigenvalue weighted by Gasteiger charge is -2.24. The van der Waals surface area contributed by atoms with Crippen LogP contribution in [0.25, 0.3) is 0 Å². The zero-order valence-corrected chi connectivity index (χ0v) is 9.61. The number of nitrogens with two attached hydrogens (primary N) is 1. The van der Waals surface area contributed by atoms with Crippen LogP contribution in [0, 0.1) is 11.8 Å². The van der Waals surface area contributed by atoms with Gasteiger partial charge in [0, 0.05) is 6.04 Å². The molecule has 0 aromatic carbocycles. The molecule has 0 aromatic heterocycles. The number of carbonyl (C=O) groups is 1. The first-order chi connectivity index (χ1) is 7.13. The molecule has 0 radical (unpaired) electrons. The van der Waals surface area contributed by atoms with Crippen LogP contribution < -0.4 is 5.73 Å². The van der Waals surface area contributed by atoms with Crippen molar-refractivity contribution < 1.29 is 9.90 Å². The van der Waals surface area contributed by atoms with E-state index in [1.165, 1.54) is 25.7 Å². The second kappa shape index (κ2) is 6.11. The van der Waals surface area contributed by atoms with Crippen molar-refractivity contribution in [1.82, 2.24) is 0 Å². The molecule has 3 N–H and O–H groups in total. The molecule has 1 fully saturated rings. The number of aliphatic carboxylic acids is 1. The lowest BCUT2D eigenvalue weighted by Crippen LogP contribution is -2.33. The molecule has 88 valence electrons. The Morgan fingerprint density at radius 2 is 2.07 bits per heavy atom. The maximum atomic E-state index is 10.6. The van der Waals surface area contributed by atoms with Crippen molar-refractivity contribution in [3.63, 3.8) is 0 Å². The highest BCUT2D eigenvalue weighted by atomic mass is 16.4. The van der Waals surface area contributed by atoms with Crippen LogP contribution in [0.15, 0.2) is 0 Å². The largest absolute Gasteiger partial charge is 0.481 e. The second-order valence-electron chi connectivity index (χ2n) is 4.82.